The van der Waals surface area contributed by atoms with Crippen LogP contribution in [0.5, 0.6) is 0 Å². The molecule has 15 rings (SSSR count). The molecule has 75 heavy (non-hydrogen) atoms. The van der Waals surface area contributed by atoms with Gasteiger partial charge in [0.1, 0.15) is 0 Å². The molecule has 0 unspecified atom stereocenters. The van der Waals surface area contributed by atoms with E-state index < -0.39 is 0 Å². The Bertz CT molecular complexity index is 4400. The summed E-state index contributed by atoms with van der Waals surface area (Å²) in [4.78, 5) is 2.48. The summed E-state index contributed by atoms with van der Waals surface area (Å²) in [5, 5.41) is 5.04. The van der Waals surface area contributed by atoms with Gasteiger partial charge in [-0.05, 0) is 164 Å². The fraction of sp³-hybridized carbons (Fsp3) is 0.0833. The monoisotopic (exact) mass is 959 g/mol. The first-order chi connectivity index (χ1) is 36.7. The molecule has 0 spiro atoms. The molecule has 356 valence electrons. The minimum atomic E-state index is -0.254. The van der Waals surface area contributed by atoms with Crippen molar-refractivity contribution < 1.29 is 0 Å². The second kappa shape index (κ2) is 16.2. The number of para-hydroxylation sites is 3. The highest BCUT2D eigenvalue weighted by Gasteiger charge is 2.38. The summed E-state index contributed by atoms with van der Waals surface area (Å²) in [6.45, 7) is 9.56. The van der Waals surface area contributed by atoms with Crippen LogP contribution in [-0.2, 0) is 10.8 Å². The molecule has 0 fully saturated rings. The normalized spacial score (nSPS) is 13.8. The molecule has 0 bridgehead atoms. The van der Waals surface area contributed by atoms with Gasteiger partial charge in [-0.2, -0.15) is 0 Å². The van der Waals surface area contributed by atoms with Gasteiger partial charge < -0.3 is 14.0 Å². The molecular weight excluding hydrogens is 907 g/mol. The van der Waals surface area contributed by atoms with Crippen LogP contribution in [-0.4, -0.2) is 9.13 Å². The first-order valence-electron chi connectivity index (χ1n) is 26.3. The number of benzene rings is 11. The molecule has 0 saturated heterocycles. The lowest BCUT2D eigenvalue weighted by molar-refractivity contribution is 0.660. The quantitative estimate of drug-likeness (QED) is 0.155. The van der Waals surface area contributed by atoms with Gasteiger partial charge in [0.2, 0.25) is 0 Å². The van der Waals surface area contributed by atoms with Gasteiger partial charge in [-0.3, -0.25) is 0 Å². The van der Waals surface area contributed by atoms with E-state index in [9.17, 15) is 0 Å². The van der Waals surface area contributed by atoms with E-state index in [0.29, 0.717) is 0 Å². The van der Waals surface area contributed by atoms with Crippen LogP contribution in [0.15, 0.2) is 249 Å². The third kappa shape index (κ3) is 6.47. The number of hydrogen-bond acceptors (Lipinski definition) is 1. The molecule has 0 N–H and O–H groups in total. The number of hydrogen-bond donors (Lipinski definition) is 0. The van der Waals surface area contributed by atoms with Crippen molar-refractivity contribution in [3.8, 4) is 55.9 Å². The van der Waals surface area contributed by atoms with Gasteiger partial charge in [-0.1, -0.05) is 179 Å². The number of rotatable bonds is 7. The molecule has 0 aliphatic heterocycles. The zero-order valence-corrected chi connectivity index (χ0v) is 42.5. The molecular formula is C72H53N3. The molecule has 13 aromatic rings. The van der Waals surface area contributed by atoms with Crippen LogP contribution >= 0.6 is 0 Å². The van der Waals surface area contributed by atoms with Gasteiger partial charge in [0.25, 0.3) is 0 Å². The molecule has 3 nitrogen and oxygen atoms in total. The smallest absolute Gasteiger partial charge is 0.0541 e. The Kier molecular flexibility index (Phi) is 9.35. The van der Waals surface area contributed by atoms with Gasteiger partial charge in [-0.15, -0.1) is 0 Å². The highest BCUT2D eigenvalue weighted by molar-refractivity contribution is 6.11. The lowest BCUT2D eigenvalue weighted by Crippen LogP contribution is -2.18. The molecule has 0 radical (unpaired) electrons. The summed E-state index contributed by atoms with van der Waals surface area (Å²) < 4.78 is 4.81. The second-order valence-electron chi connectivity index (χ2n) is 21.7. The molecule has 3 heteroatoms. The third-order valence-electron chi connectivity index (χ3n) is 16.9. The first kappa shape index (κ1) is 43.4. The zero-order valence-electron chi connectivity index (χ0n) is 42.5. The van der Waals surface area contributed by atoms with Crippen molar-refractivity contribution in [2.24, 2.45) is 0 Å². The average molecular weight is 960 g/mol. The van der Waals surface area contributed by atoms with E-state index in [1.165, 1.54) is 110 Å². The van der Waals surface area contributed by atoms with Crippen LogP contribution in [0.3, 0.4) is 0 Å². The Labute approximate surface area is 437 Å². The van der Waals surface area contributed by atoms with E-state index >= 15 is 0 Å². The number of fused-ring (bicyclic) bond motifs is 12. The molecule has 0 amide bonds. The Hall–Kier alpha value is -9.18. The van der Waals surface area contributed by atoms with Crippen LogP contribution in [0.1, 0.15) is 49.9 Å². The van der Waals surface area contributed by atoms with Crippen molar-refractivity contribution >= 4 is 60.7 Å². The number of nitrogens with zero attached hydrogens (tertiary/aromatic N) is 3. The van der Waals surface area contributed by atoms with Crippen molar-refractivity contribution in [2.75, 3.05) is 4.90 Å². The lowest BCUT2D eigenvalue weighted by atomic mass is 9.81. The van der Waals surface area contributed by atoms with E-state index in [1.54, 1.807) is 0 Å². The summed E-state index contributed by atoms with van der Waals surface area (Å²) in [7, 11) is 0. The fourth-order valence-corrected chi connectivity index (χ4v) is 13.1. The second-order valence-corrected chi connectivity index (χ2v) is 21.7. The maximum Gasteiger partial charge on any atom is 0.0541 e. The topological polar surface area (TPSA) is 13.1 Å². The average Bonchev–Trinajstić information content (AvgIpc) is 4.12. The Balaban J connectivity index is 0.819. The molecule has 2 aliphatic carbocycles. The number of anilines is 3. The minimum Gasteiger partial charge on any atom is -0.310 e. The van der Waals surface area contributed by atoms with E-state index in [4.69, 9.17) is 0 Å². The third-order valence-corrected chi connectivity index (χ3v) is 16.9. The Morgan fingerprint density at radius 3 is 1.25 bits per heavy atom. The standard InChI is InChI=1S/C72H53N3/c1-71(2)63-22-12-8-18-55(63)57-39-36-53(44-65(57)71)73(50-32-34-52(35-33-50)74-67-23-13-9-19-59(67)60-20-10-14-24-68(60)74)54-37-40-58-56-38-28-49(43-64(56)72(3,4)66(58)45-54)48-29-41-70-62(42-48)61-21-11-15-25-69(61)75(70)51-30-26-47(27-31-51)46-16-6-5-7-17-46/h5-45H,1-4H3. The highest BCUT2D eigenvalue weighted by atomic mass is 15.1. The van der Waals surface area contributed by atoms with E-state index in [2.05, 4.69) is 290 Å². The highest BCUT2D eigenvalue weighted by Crippen LogP contribution is 2.54. The van der Waals surface area contributed by atoms with Crippen LogP contribution in [0, 0.1) is 0 Å². The van der Waals surface area contributed by atoms with Crippen molar-refractivity contribution in [3.63, 3.8) is 0 Å². The van der Waals surface area contributed by atoms with Gasteiger partial charge in [0.15, 0.2) is 0 Å². The summed E-state index contributed by atoms with van der Waals surface area (Å²) >= 11 is 0. The van der Waals surface area contributed by atoms with Crippen molar-refractivity contribution in [1.29, 1.82) is 0 Å². The minimum absolute atomic E-state index is 0.135. The van der Waals surface area contributed by atoms with Crippen LogP contribution < -0.4 is 4.90 Å². The predicted octanol–water partition coefficient (Wildman–Crippen LogP) is 19.3. The lowest BCUT2D eigenvalue weighted by Gasteiger charge is -2.30. The van der Waals surface area contributed by atoms with Gasteiger partial charge >= 0.3 is 0 Å². The van der Waals surface area contributed by atoms with Crippen LogP contribution in [0.4, 0.5) is 17.1 Å². The van der Waals surface area contributed by atoms with Crippen LogP contribution in [0.2, 0.25) is 0 Å². The SMILES string of the molecule is CC1(C)c2ccccc2-c2ccc(N(c3ccc(-n4c5ccccc5c5ccccc54)cc3)c3ccc4c(c3)C(C)(C)c3cc(-c5ccc6c(c5)c5ccccc5n6-c5ccc(-c6ccccc6)cc5)ccc3-4)cc21. The maximum atomic E-state index is 2.48. The summed E-state index contributed by atoms with van der Waals surface area (Å²) in [5.41, 5.74) is 25.7. The van der Waals surface area contributed by atoms with E-state index in [0.717, 1.165) is 28.4 Å². The summed E-state index contributed by atoms with van der Waals surface area (Å²) in [5.74, 6) is 0. The van der Waals surface area contributed by atoms with Crippen molar-refractivity contribution in [1.82, 2.24) is 9.13 Å². The van der Waals surface area contributed by atoms with Gasteiger partial charge in [0.05, 0.1) is 22.1 Å². The summed E-state index contributed by atoms with van der Waals surface area (Å²) in [6.07, 6.45) is 0. The first-order valence-corrected chi connectivity index (χ1v) is 26.3. The van der Waals surface area contributed by atoms with Crippen molar-refractivity contribution in [2.45, 2.75) is 38.5 Å². The maximum absolute atomic E-state index is 2.48. The van der Waals surface area contributed by atoms with E-state index in [-0.39, 0.29) is 10.8 Å². The summed E-state index contributed by atoms with van der Waals surface area (Å²) in [6, 6.07) is 92.5. The predicted molar refractivity (Wildman–Crippen MR) is 316 cm³/mol. The van der Waals surface area contributed by atoms with E-state index in [1.807, 2.05) is 0 Å². The largest absolute Gasteiger partial charge is 0.310 e. The van der Waals surface area contributed by atoms with Crippen molar-refractivity contribution in [3.05, 3.63) is 271 Å². The molecule has 2 aliphatic rings. The molecule has 11 aromatic carbocycles. The van der Waals surface area contributed by atoms with Crippen LogP contribution in [0.25, 0.3) is 99.5 Å². The molecule has 2 heterocycles. The number of aromatic nitrogens is 2. The Morgan fingerprint density at radius 2 is 0.653 bits per heavy atom. The zero-order chi connectivity index (χ0) is 50.2. The fourth-order valence-electron chi connectivity index (χ4n) is 13.1. The molecule has 0 atom stereocenters. The molecule has 0 saturated carbocycles. The Morgan fingerprint density at radius 1 is 0.267 bits per heavy atom. The van der Waals surface area contributed by atoms with Gasteiger partial charge in [-0.25, -0.2) is 0 Å². The molecule has 2 aromatic heterocycles. The van der Waals surface area contributed by atoms with Gasteiger partial charge in [0, 0.05) is 60.8 Å².